The highest BCUT2D eigenvalue weighted by molar-refractivity contribution is 5.93. The Morgan fingerprint density at radius 3 is 2.64 bits per heavy atom. The zero-order chi connectivity index (χ0) is 15.5. The first-order valence-corrected chi connectivity index (χ1v) is 7.36. The molecule has 0 N–H and O–H groups in total. The summed E-state index contributed by atoms with van der Waals surface area (Å²) in [5.74, 6) is -0.104. The van der Waals surface area contributed by atoms with Crippen molar-refractivity contribution in [2.75, 3.05) is 26.2 Å². The van der Waals surface area contributed by atoms with Crippen molar-refractivity contribution in [1.29, 1.82) is 0 Å². The summed E-state index contributed by atoms with van der Waals surface area (Å²) >= 11 is 0. The summed E-state index contributed by atoms with van der Waals surface area (Å²) < 4.78 is 4.60. The van der Waals surface area contributed by atoms with Gasteiger partial charge in [-0.3, -0.25) is 14.7 Å². The van der Waals surface area contributed by atoms with Crippen molar-refractivity contribution < 1.29 is 9.42 Å². The molecule has 1 fully saturated rings. The molecule has 2 aromatic rings. The molecule has 1 aliphatic rings. The fourth-order valence-electron chi connectivity index (χ4n) is 2.58. The molecule has 2 aromatic heterocycles. The van der Waals surface area contributed by atoms with E-state index in [9.17, 15) is 4.79 Å². The van der Waals surface area contributed by atoms with Gasteiger partial charge in [-0.25, -0.2) is 4.63 Å². The third-order valence-electron chi connectivity index (χ3n) is 4.01. The first kappa shape index (κ1) is 14.6. The summed E-state index contributed by atoms with van der Waals surface area (Å²) in [4.78, 5) is 20.9. The molecule has 22 heavy (non-hydrogen) atoms. The lowest BCUT2D eigenvalue weighted by molar-refractivity contribution is 0.0615. The van der Waals surface area contributed by atoms with Crippen molar-refractivity contribution in [1.82, 2.24) is 25.1 Å². The van der Waals surface area contributed by atoms with E-state index >= 15 is 0 Å². The standard InChI is InChI=1S/C15H19N5O2/c1-11-4-3-5-16-13(11)10-19-6-8-20(9-7-19)15(21)14-12(2)17-22-18-14/h3-5H,6-10H2,1-2H3. The van der Waals surface area contributed by atoms with Gasteiger partial charge in [0.05, 0.1) is 5.69 Å². The molecule has 116 valence electrons. The number of hydrogen-bond donors (Lipinski definition) is 0. The first-order chi connectivity index (χ1) is 10.6. The molecule has 0 atom stereocenters. The van der Waals surface area contributed by atoms with Crippen LogP contribution >= 0.6 is 0 Å². The van der Waals surface area contributed by atoms with E-state index in [1.54, 1.807) is 11.8 Å². The van der Waals surface area contributed by atoms with Crippen LogP contribution in [0.5, 0.6) is 0 Å². The van der Waals surface area contributed by atoms with Crippen molar-refractivity contribution in [3.63, 3.8) is 0 Å². The van der Waals surface area contributed by atoms with E-state index in [0.29, 0.717) is 24.5 Å². The van der Waals surface area contributed by atoms with Crippen LogP contribution in [0.2, 0.25) is 0 Å². The lowest BCUT2D eigenvalue weighted by Crippen LogP contribution is -2.48. The van der Waals surface area contributed by atoms with Crippen LogP contribution in [0.15, 0.2) is 23.0 Å². The normalized spacial score (nSPS) is 16.0. The second kappa shape index (κ2) is 6.23. The molecule has 0 radical (unpaired) electrons. The van der Waals surface area contributed by atoms with Crippen molar-refractivity contribution in [3.05, 3.63) is 41.0 Å². The average Bonchev–Trinajstić information content (AvgIpc) is 2.96. The zero-order valence-corrected chi connectivity index (χ0v) is 12.8. The van der Waals surface area contributed by atoms with Crippen molar-refractivity contribution >= 4 is 5.91 Å². The second-order valence-electron chi connectivity index (χ2n) is 5.53. The Morgan fingerprint density at radius 2 is 2.00 bits per heavy atom. The third kappa shape index (κ3) is 2.99. The molecule has 3 rings (SSSR count). The van der Waals surface area contributed by atoms with E-state index in [1.807, 2.05) is 12.3 Å². The van der Waals surface area contributed by atoms with Crippen LogP contribution in [-0.4, -0.2) is 57.2 Å². The molecule has 3 heterocycles. The quantitative estimate of drug-likeness (QED) is 0.843. The van der Waals surface area contributed by atoms with E-state index in [4.69, 9.17) is 0 Å². The topological polar surface area (TPSA) is 75.4 Å². The van der Waals surface area contributed by atoms with Gasteiger partial charge in [0.25, 0.3) is 5.91 Å². The molecule has 1 saturated heterocycles. The van der Waals surface area contributed by atoms with Gasteiger partial charge < -0.3 is 4.90 Å². The van der Waals surface area contributed by atoms with Crippen molar-refractivity contribution in [2.45, 2.75) is 20.4 Å². The number of aryl methyl sites for hydroxylation is 2. The average molecular weight is 301 g/mol. The molecular formula is C15H19N5O2. The lowest BCUT2D eigenvalue weighted by atomic mass is 10.2. The highest BCUT2D eigenvalue weighted by Crippen LogP contribution is 2.12. The van der Waals surface area contributed by atoms with Crippen LogP contribution in [0.1, 0.15) is 27.4 Å². The Hall–Kier alpha value is -2.28. The first-order valence-electron chi connectivity index (χ1n) is 7.36. The highest BCUT2D eigenvalue weighted by atomic mass is 16.6. The van der Waals surface area contributed by atoms with Gasteiger partial charge in [0, 0.05) is 38.9 Å². The maximum absolute atomic E-state index is 12.3. The summed E-state index contributed by atoms with van der Waals surface area (Å²) in [6.45, 7) is 7.62. The smallest absolute Gasteiger partial charge is 0.278 e. The second-order valence-corrected chi connectivity index (χ2v) is 5.53. The van der Waals surface area contributed by atoms with Crippen LogP contribution in [0.4, 0.5) is 0 Å². The fraction of sp³-hybridized carbons (Fsp3) is 0.467. The van der Waals surface area contributed by atoms with Gasteiger partial charge in [-0.15, -0.1) is 0 Å². The van der Waals surface area contributed by atoms with Gasteiger partial charge in [-0.2, -0.15) is 0 Å². The number of pyridine rings is 1. The predicted octanol–water partition coefficient (Wildman–Crippen LogP) is 1.04. The van der Waals surface area contributed by atoms with Gasteiger partial charge >= 0.3 is 0 Å². The molecule has 1 aliphatic heterocycles. The molecule has 0 aromatic carbocycles. The van der Waals surface area contributed by atoms with Crippen LogP contribution < -0.4 is 0 Å². The highest BCUT2D eigenvalue weighted by Gasteiger charge is 2.26. The fourth-order valence-corrected chi connectivity index (χ4v) is 2.58. The zero-order valence-electron chi connectivity index (χ0n) is 12.8. The summed E-state index contributed by atoms with van der Waals surface area (Å²) in [5.41, 5.74) is 3.15. The molecule has 0 aliphatic carbocycles. The minimum absolute atomic E-state index is 0.104. The van der Waals surface area contributed by atoms with Crippen LogP contribution in [-0.2, 0) is 6.54 Å². The van der Waals surface area contributed by atoms with Crippen LogP contribution in [0.25, 0.3) is 0 Å². The number of amides is 1. The molecule has 7 heteroatoms. The largest absolute Gasteiger partial charge is 0.335 e. The molecule has 0 saturated carbocycles. The number of hydrogen-bond acceptors (Lipinski definition) is 6. The minimum atomic E-state index is -0.104. The van der Waals surface area contributed by atoms with Crippen LogP contribution in [0, 0.1) is 13.8 Å². The summed E-state index contributed by atoms with van der Waals surface area (Å²) in [6.07, 6.45) is 1.82. The Labute approximate surface area is 128 Å². The van der Waals surface area contributed by atoms with E-state index in [0.717, 1.165) is 25.3 Å². The number of nitrogens with zero attached hydrogens (tertiary/aromatic N) is 5. The summed E-state index contributed by atoms with van der Waals surface area (Å²) in [5, 5.41) is 7.35. The third-order valence-corrected chi connectivity index (χ3v) is 4.01. The number of carbonyl (C=O) groups excluding carboxylic acids is 1. The number of aromatic nitrogens is 3. The SMILES string of the molecule is Cc1cccnc1CN1CCN(C(=O)c2nonc2C)CC1. The molecule has 0 spiro atoms. The predicted molar refractivity (Wildman–Crippen MR) is 79.2 cm³/mol. The van der Waals surface area contributed by atoms with E-state index < -0.39 is 0 Å². The van der Waals surface area contributed by atoms with Gasteiger partial charge in [0.15, 0.2) is 5.69 Å². The molecule has 7 nitrogen and oxygen atoms in total. The lowest BCUT2D eigenvalue weighted by Gasteiger charge is -2.34. The van der Waals surface area contributed by atoms with Gasteiger partial charge in [-0.1, -0.05) is 11.2 Å². The molecule has 0 unspecified atom stereocenters. The van der Waals surface area contributed by atoms with Gasteiger partial charge in [-0.05, 0) is 30.6 Å². The van der Waals surface area contributed by atoms with Crippen molar-refractivity contribution in [2.24, 2.45) is 0 Å². The van der Waals surface area contributed by atoms with E-state index in [-0.39, 0.29) is 5.91 Å². The monoisotopic (exact) mass is 301 g/mol. The minimum Gasteiger partial charge on any atom is -0.335 e. The van der Waals surface area contributed by atoms with E-state index in [1.165, 1.54) is 5.56 Å². The van der Waals surface area contributed by atoms with Crippen LogP contribution in [0.3, 0.4) is 0 Å². The number of rotatable bonds is 3. The Kier molecular flexibility index (Phi) is 4.15. The Balaban J connectivity index is 1.58. The number of carbonyl (C=O) groups is 1. The Morgan fingerprint density at radius 1 is 1.23 bits per heavy atom. The maximum Gasteiger partial charge on any atom is 0.278 e. The molecule has 1 amide bonds. The van der Waals surface area contributed by atoms with E-state index in [2.05, 4.69) is 37.8 Å². The Bertz CT molecular complexity index is 661. The van der Waals surface area contributed by atoms with Gasteiger partial charge in [0.2, 0.25) is 0 Å². The summed E-state index contributed by atoms with van der Waals surface area (Å²) in [6, 6.07) is 4.02. The maximum atomic E-state index is 12.3. The summed E-state index contributed by atoms with van der Waals surface area (Å²) in [7, 11) is 0. The number of piperazine rings is 1. The van der Waals surface area contributed by atoms with Gasteiger partial charge in [0.1, 0.15) is 5.69 Å². The van der Waals surface area contributed by atoms with Crippen molar-refractivity contribution in [3.8, 4) is 0 Å². The molecule has 0 bridgehead atoms. The molecular weight excluding hydrogens is 282 g/mol.